The molecule has 0 unspecified atom stereocenters. The number of carboxylic acid groups (broad SMARTS) is 1. The Labute approximate surface area is 95.6 Å². The molecule has 0 saturated heterocycles. The molecule has 1 aliphatic rings. The molecule has 2 amide bonds. The average molecular weight is 228 g/mol. The molecule has 0 atom stereocenters. The lowest BCUT2D eigenvalue weighted by Gasteiger charge is -2.26. The average Bonchev–Trinajstić information content (AvgIpc) is 2.21. The zero-order valence-electron chi connectivity index (χ0n) is 9.66. The number of amides is 2. The van der Waals surface area contributed by atoms with Crippen molar-refractivity contribution in [2.24, 2.45) is 5.92 Å². The summed E-state index contributed by atoms with van der Waals surface area (Å²) in [6, 6.07) is 0.00170. The fraction of sp³-hybridized carbons (Fsp3) is 0.818. The highest BCUT2D eigenvalue weighted by molar-refractivity contribution is 5.75. The van der Waals surface area contributed by atoms with E-state index < -0.39 is 5.97 Å². The quantitative estimate of drug-likeness (QED) is 0.679. The fourth-order valence-electron chi connectivity index (χ4n) is 1.92. The normalized spacial score (nSPS) is 24.8. The Morgan fingerprint density at radius 3 is 2.44 bits per heavy atom. The van der Waals surface area contributed by atoms with Crippen LogP contribution in [0.15, 0.2) is 0 Å². The van der Waals surface area contributed by atoms with E-state index in [-0.39, 0.29) is 25.0 Å². The van der Waals surface area contributed by atoms with Gasteiger partial charge in [-0.25, -0.2) is 4.79 Å². The first-order valence-electron chi connectivity index (χ1n) is 5.84. The number of aliphatic carboxylic acids is 1. The van der Waals surface area contributed by atoms with Crippen LogP contribution < -0.4 is 10.6 Å². The van der Waals surface area contributed by atoms with Crippen LogP contribution in [0, 0.1) is 5.92 Å². The van der Waals surface area contributed by atoms with Crippen molar-refractivity contribution in [3.05, 3.63) is 0 Å². The molecule has 1 fully saturated rings. The molecular formula is C11H20N2O3. The molecule has 0 aliphatic heterocycles. The summed E-state index contributed by atoms with van der Waals surface area (Å²) in [4.78, 5) is 21.6. The Morgan fingerprint density at radius 1 is 1.25 bits per heavy atom. The summed E-state index contributed by atoms with van der Waals surface area (Å²) in [5.74, 6) is -0.139. The molecule has 0 aromatic rings. The minimum absolute atomic E-state index is 0.0326. The van der Waals surface area contributed by atoms with Crippen molar-refractivity contribution >= 4 is 12.0 Å². The number of hydrogen-bond acceptors (Lipinski definition) is 2. The van der Waals surface area contributed by atoms with E-state index in [0.717, 1.165) is 31.6 Å². The number of carbonyl (C=O) groups excluding carboxylic acids is 1. The summed E-state index contributed by atoms with van der Waals surface area (Å²) in [5.41, 5.74) is 0. The number of carboxylic acids is 1. The van der Waals surface area contributed by atoms with E-state index in [1.54, 1.807) is 0 Å². The van der Waals surface area contributed by atoms with Gasteiger partial charge in [0.15, 0.2) is 0 Å². The second-order valence-corrected chi connectivity index (χ2v) is 4.50. The van der Waals surface area contributed by atoms with Crippen LogP contribution in [-0.2, 0) is 4.79 Å². The lowest BCUT2D eigenvalue weighted by molar-refractivity contribution is -0.136. The van der Waals surface area contributed by atoms with E-state index in [4.69, 9.17) is 5.11 Å². The largest absolute Gasteiger partial charge is 0.481 e. The minimum atomic E-state index is -0.896. The third-order valence-corrected chi connectivity index (χ3v) is 2.98. The molecule has 92 valence electrons. The van der Waals surface area contributed by atoms with Gasteiger partial charge >= 0.3 is 12.0 Å². The van der Waals surface area contributed by atoms with E-state index in [0.29, 0.717) is 0 Å². The first kappa shape index (κ1) is 12.8. The fourth-order valence-corrected chi connectivity index (χ4v) is 1.92. The summed E-state index contributed by atoms with van der Waals surface area (Å²) in [5, 5.41) is 13.8. The predicted octanol–water partition coefficient (Wildman–Crippen LogP) is 1.34. The molecule has 0 heterocycles. The van der Waals surface area contributed by atoms with Crippen molar-refractivity contribution < 1.29 is 14.7 Å². The van der Waals surface area contributed by atoms with E-state index in [1.807, 2.05) is 0 Å². The smallest absolute Gasteiger partial charge is 0.315 e. The molecule has 0 aromatic heterocycles. The number of nitrogens with one attached hydrogen (secondary N) is 2. The van der Waals surface area contributed by atoms with Crippen LogP contribution in [0.1, 0.15) is 39.0 Å². The second kappa shape index (κ2) is 6.35. The molecule has 5 heteroatoms. The van der Waals surface area contributed by atoms with E-state index >= 15 is 0 Å². The van der Waals surface area contributed by atoms with Gasteiger partial charge in [-0.2, -0.15) is 0 Å². The zero-order valence-corrected chi connectivity index (χ0v) is 9.66. The molecule has 5 nitrogen and oxygen atoms in total. The van der Waals surface area contributed by atoms with Gasteiger partial charge in [0.25, 0.3) is 0 Å². The van der Waals surface area contributed by atoms with Crippen LogP contribution in [0.25, 0.3) is 0 Å². The lowest BCUT2D eigenvalue weighted by atomic mass is 9.87. The van der Waals surface area contributed by atoms with Gasteiger partial charge in [0.2, 0.25) is 0 Å². The maximum Gasteiger partial charge on any atom is 0.315 e. The Morgan fingerprint density at radius 2 is 1.88 bits per heavy atom. The van der Waals surface area contributed by atoms with Gasteiger partial charge in [0, 0.05) is 12.6 Å². The van der Waals surface area contributed by atoms with Crippen LogP contribution in [0.2, 0.25) is 0 Å². The molecule has 0 aromatic carbocycles. The molecule has 1 aliphatic carbocycles. The SMILES string of the molecule is CC1CCC(NC(=O)NCCC(=O)O)CC1. The van der Waals surface area contributed by atoms with Crippen LogP contribution >= 0.6 is 0 Å². The standard InChI is InChI=1S/C11H20N2O3/c1-8-2-4-9(5-3-8)13-11(16)12-7-6-10(14)15/h8-9H,2-7H2,1H3,(H,14,15)(H2,12,13,16). The van der Waals surface area contributed by atoms with Crippen LogP contribution in [-0.4, -0.2) is 29.7 Å². The molecule has 1 rings (SSSR count). The summed E-state index contributed by atoms with van der Waals surface area (Å²) in [6.45, 7) is 2.41. The van der Waals surface area contributed by atoms with Crippen molar-refractivity contribution in [2.75, 3.05) is 6.54 Å². The summed E-state index contributed by atoms with van der Waals surface area (Å²) >= 11 is 0. The van der Waals surface area contributed by atoms with E-state index in [9.17, 15) is 9.59 Å². The van der Waals surface area contributed by atoms with Crippen LogP contribution in [0.3, 0.4) is 0 Å². The molecule has 1 saturated carbocycles. The number of carbonyl (C=O) groups is 2. The number of hydrogen-bond donors (Lipinski definition) is 3. The van der Waals surface area contributed by atoms with Crippen LogP contribution in [0.5, 0.6) is 0 Å². The molecule has 16 heavy (non-hydrogen) atoms. The summed E-state index contributed by atoms with van der Waals surface area (Å²) in [6.07, 6.45) is 4.32. The topological polar surface area (TPSA) is 78.4 Å². The Balaban J connectivity index is 2.11. The monoisotopic (exact) mass is 228 g/mol. The molecule has 3 N–H and O–H groups in total. The number of urea groups is 1. The maximum atomic E-state index is 11.4. The first-order valence-corrected chi connectivity index (χ1v) is 5.84. The summed E-state index contributed by atoms with van der Waals surface area (Å²) in [7, 11) is 0. The molecule has 0 spiro atoms. The summed E-state index contributed by atoms with van der Waals surface area (Å²) < 4.78 is 0. The van der Waals surface area contributed by atoms with Gasteiger partial charge in [-0.15, -0.1) is 0 Å². The predicted molar refractivity (Wildman–Crippen MR) is 60.2 cm³/mol. The highest BCUT2D eigenvalue weighted by Gasteiger charge is 2.19. The van der Waals surface area contributed by atoms with Crippen molar-refractivity contribution in [1.29, 1.82) is 0 Å². The minimum Gasteiger partial charge on any atom is -0.481 e. The number of rotatable bonds is 4. The van der Waals surface area contributed by atoms with Gasteiger partial charge in [-0.1, -0.05) is 6.92 Å². The molecule has 0 bridgehead atoms. The molecular weight excluding hydrogens is 208 g/mol. The van der Waals surface area contributed by atoms with Gasteiger partial charge in [-0.05, 0) is 31.6 Å². The Kier molecular flexibility index (Phi) is 5.08. The second-order valence-electron chi connectivity index (χ2n) is 4.50. The Bertz CT molecular complexity index is 248. The van der Waals surface area contributed by atoms with Gasteiger partial charge in [-0.3, -0.25) is 4.79 Å². The van der Waals surface area contributed by atoms with Crippen molar-refractivity contribution in [2.45, 2.75) is 45.1 Å². The van der Waals surface area contributed by atoms with Crippen molar-refractivity contribution in [3.8, 4) is 0 Å². The van der Waals surface area contributed by atoms with E-state index in [2.05, 4.69) is 17.6 Å². The third kappa shape index (κ3) is 5.00. The van der Waals surface area contributed by atoms with Gasteiger partial charge in [0.05, 0.1) is 6.42 Å². The highest BCUT2D eigenvalue weighted by Crippen LogP contribution is 2.23. The lowest BCUT2D eigenvalue weighted by Crippen LogP contribution is -2.44. The van der Waals surface area contributed by atoms with Gasteiger partial charge in [0.1, 0.15) is 0 Å². The first-order chi connectivity index (χ1) is 7.58. The maximum absolute atomic E-state index is 11.4. The zero-order chi connectivity index (χ0) is 12.0. The van der Waals surface area contributed by atoms with Crippen molar-refractivity contribution in [1.82, 2.24) is 10.6 Å². The highest BCUT2D eigenvalue weighted by atomic mass is 16.4. The van der Waals surface area contributed by atoms with Crippen LogP contribution in [0.4, 0.5) is 4.79 Å². The Hall–Kier alpha value is -1.26. The third-order valence-electron chi connectivity index (χ3n) is 2.98. The van der Waals surface area contributed by atoms with Crippen molar-refractivity contribution in [3.63, 3.8) is 0 Å². The van der Waals surface area contributed by atoms with E-state index in [1.165, 1.54) is 0 Å². The molecule has 0 radical (unpaired) electrons. The van der Waals surface area contributed by atoms with Gasteiger partial charge < -0.3 is 15.7 Å².